The Labute approximate surface area is 126 Å². The second kappa shape index (κ2) is 4.79. The molecule has 3 nitrogen and oxygen atoms in total. The number of benzene rings is 1. The smallest absolute Gasteiger partial charge is 0.0702 e. The van der Waals surface area contributed by atoms with Gasteiger partial charge in [-0.25, -0.2) is 0 Å². The number of pyridine rings is 1. The van der Waals surface area contributed by atoms with Gasteiger partial charge < -0.3 is 5.32 Å². The number of aromatic nitrogens is 1. The number of hydrogen-bond acceptors (Lipinski definition) is 3. The first kappa shape index (κ1) is 13.2. The summed E-state index contributed by atoms with van der Waals surface area (Å²) in [5.74, 6) is 1.61. The molecule has 2 aromatic rings. The molecule has 0 aliphatic carbocycles. The Bertz CT molecular complexity index is 664. The van der Waals surface area contributed by atoms with Crippen molar-refractivity contribution < 1.29 is 0 Å². The predicted octanol–water partition coefficient (Wildman–Crippen LogP) is 2.66. The monoisotopic (exact) mass is 281 g/mol. The van der Waals surface area contributed by atoms with Gasteiger partial charge in [0.1, 0.15) is 0 Å². The van der Waals surface area contributed by atoms with Crippen molar-refractivity contribution in [1.82, 2.24) is 15.2 Å². The Kier molecular flexibility index (Phi) is 3.02. The summed E-state index contributed by atoms with van der Waals surface area (Å²) in [7, 11) is 0. The minimum absolute atomic E-state index is 0.290. The standard InChI is InChI=1S/C18H23N3/c1-18(2)16-10-19-9-15(16)12-21(18)11-13-5-6-17-14(8-13)4-3-7-20-17/h3-8,15-16,19H,9-12H2,1-2H3. The van der Waals surface area contributed by atoms with Gasteiger partial charge in [-0.2, -0.15) is 0 Å². The van der Waals surface area contributed by atoms with Gasteiger partial charge in [-0.05, 0) is 56.0 Å². The van der Waals surface area contributed by atoms with E-state index >= 15 is 0 Å². The predicted molar refractivity (Wildman–Crippen MR) is 86.1 cm³/mol. The van der Waals surface area contributed by atoms with Gasteiger partial charge in [0.05, 0.1) is 5.52 Å². The molecule has 21 heavy (non-hydrogen) atoms. The Hall–Kier alpha value is -1.45. The van der Waals surface area contributed by atoms with E-state index < -0.39 is 0 Å². The van der Waals surface area contributed by atoms with Crippen LogP contribution < -0.4 is 5.32 Å². The molecule has 3 heteroatoms. The molecule has 0 amide bonds. The van der Waals surface area contributed by atoms with Gasteiger partial charge in [-0.3, -0.25) is 9.88 Å². The van der Waals surface area contributed by atoms with Gasteiger partial charge in [-0.15, -0.1) is 0 Å². The largest absolute Gasteiger partial charge is 0.316 e. The second-order valence-electron chi connectivity index (χ2n) is 7.09. The molecule has 3 heterocycles. The molecule has 0 radical (unpaired) electrons. The van der Waals surface area contributed by atoms with Gasteiger partial charge in [0.15, 0.2) is 0 Å². The first-order chi connectivity index (χ1) is 10.1. The van der Waals surface area contributed by atoms with Crippen LogP contribution in [0.1, 0.15) is 19.4 Å². The number of fused-ring (bicyclic) bond motifs is 2. The van der Waals surface area contributed by atoms with Crippen LogP contribution in [0.4, 0.5) is 0 Å². The van der Waals surface area contributed by atoms with E-state index in [1.807, 2.05) is 12.3 Å². The molecule has 2 aliphatic rings. The van der Waals surface area contributed by atoms with E-state index in [-0.39, 0.29) is 5.54 Å². The highest BCUT2D eigenvalue weighted by Crippen LogP contribution is 2.41. The molecule has 2 atom stereocenters. The summed E-state index contributed by atoms with van der Waals surface area (Å²) in [6.07, 6.45) is 1.86. The number of likely N-dealkylation sites (tertiary alicyclic amines) is 1. The lowest BCUT2D eigenvalue weighted by molar-refractivity contribution is 0.132. The zero-order valence-corrected chi connectivity index (χ0v) is 12.8. The third kappa shape index (κ3) is 2.16. The SMILES string of the molecule is CC1(C)C2CNCC2CN1Cc1ccc2ncccc2c1. The summed E-state index contributed by atoms with van der Waals surface area (Å²) < 4.78 is 0. The van der Waals surface area contributed by atoms with E-state index in [1.54, 1.807) is 0 Å². The normalized spacial score (nSPS) is 28.1. The molecule has 1 aromatic heterocycles. The average molecular weight is 281 g/mol. The fraction of sp³-hybridized carbons (Fsp3) is 0.500. The van der Waals surface area contributed by atoms with Crippen LogP contribution in [-0.2, 0) is 6.54 Å². The minimum Gasteiger partial charge on any atom is -0.316 e. The Balaban J connectivity index is 1.60. The number of nitrogens with one attached hydrogen (secondary N) is 1. The van der Waals surface area contributed by atoms with Crippen LogP contribution in [0.3, 0.4) is 0 Å². The van der Waals surface area contributed by atoms with Gasteiger partial charge in [0.25, 0.3) is 0 Å². The number of hydrogen-bond donors (Lipinski definition) is 1. The first-order valence-electron chi connectivity index (χ1n) is 7.94. The molecule has 0 saturated carbocycles. The van der Waals surface area contributed by atoms with Crippen LogP contribution in [0.15, 0.2) is 36.5 Å². The van der Waals surface area contributed by atoms with Crippen molar-refractivity contribution in [1.29, 1.82) is 0 Å². The third-order valence-corrected chi connectivity index (χ3v) is 5.56. The maximum absolute atomic E-state index is 4.41. The van der Waals surface area contributed by atoms with Crippen molar-refractivity contribution in [3.05, 3.63) is 42.1 Å². The highest BCUT2D eigenvalue weighted by atomic mass is 15.2. The van der Waals surface area contributed by atoms with Crippen LogP contribution in [0.2, 0.25) is 0 Å². The van der Waals surface area contributed by atoms with Crippen LogP contribution in [-0.4, -0.2) is 35.1 Å². The number of nitrogens with zero attached hydrogens (tertiary/aromatic N) is 2. The molecule has 4 rings (SSSR count). The van der Waals surface area contributed by atoms with Gasteiger partial charge in [-0.1, -0.05) is 12.1 Å². The van der Waals surface area contributed by atoms with E-state index in [1.165, 1.54) is 30.6 Å². The Morgan fingerprint density at radius 1 is 1.29 bits per heavy atom. The number of rotatable bonds is 2. The second-order valence-corrected chi connectivity index (χ2v) is 7.09. The van der Waals surface area contributed by atoms with E-state index in [4.69, 9.17) is 0 Å². The van der Waals surface area contributed by atoms with Gasteiger partial charge >= 0.3 is 0 Å². The van der Waals surface area contributed by atoms with Crippen molar-refractivity contribution in [2.45, 2.75) is 25.9 Å². The molecule has 110 valence electrons. The Morgan fingerprint density at radius 2 is 2.19 bits per heavy atom. The maximum atomic E-state index is 4.41. The molecule has 0 bridgehead atoms. The molecular weight excluding hydrogens is 258 g/mol. The van der Waals surface area contributed by atoms with E-state index in [0.29, 0.717) is 0 Å². The fourth-order valence-corrected chi connectivity index (χ4v) is 4.22. The third-order valence-electron chi connectivity index (χ3n) is 5.56. The lowest BCUT2D eigenvalue weighted by atomic mass is 9.85. The summed E-state index contributed by atoms with van der Waals surface area (Å²) in [5.41, 5.74) is 2.78. The van der Waals surface area contributed by atoms with Crippen LogP contribution in [0.25, 0.3) is 10.9 Å². The lowest BCUT2D eigenvalue weighted by Gasteiger charge is -2.35. The van der Waals surface area contributed by atoms with Gasteiger partial charge in [0.2, 0.25) is 0 Å². The molecule has 2 fully saturated rings. The topological polar surface area (TPSA) is 28.2 Å². The van der Waals surface area contributed by atoms with E-state index in [9.17, 15) is 0 Å². The van der Waals surface area contributed by atoms with E-state index in [2.05, 4.69) is 53.3 Å². The lowest BCUT2D eigenvalue weighted by Crippen LogP contribution is -2.43. The molecular formula is C18H23N3. The average Bonchev–Trinajstić information content (AvgIpc) is 3.03. The van der Waals surface area contributed by atoms with Crippen molar-refractivity contribution in [3.63, 3.8) is 0 Å². The summed E-state index contributed by atoms with van der Waals surface area (Å²) in [6.45, 7) is 9.45. The Morgan fingerprint density at radius 3 is 3.05 bits per heavy atom. The van der Waals surface area contributed by atoms with Crippen LogP contribution in [0.5, 0.6) is 0 Å². The minimum atomic E-state index is 0.290. The highest BCUT2D eigenvalue weighted by molar-refractivity contribution is 5.78. The maximum Gasteiger partial charge on any atom is 0.0702 e. The molecule has 0 spiro atoms. The van der Waals surface area contributed by atoms with Crippen molar-refractivity contribution in [3.8, 4) is 0 Å². The van der Waals surface area contributed by atoms with Crippen molar-refractivity contribution in [2.24, 2.45) is 11.8 Å². The summed E-state index contributed by atoms with van der Waals surface area (Å²) in [5, 5.41) is 4.80. The molecule has 1 N–H and O–H groups in total. The molecule has 1 aromatic carbocycles. The fourth-order valence-electron chi connectivity index (χ4n) is 4.22. The molecule has 2 unspecified atom stereocenters. The van der Waals surface area contributed by atoms with Crippen molar-refractivity contribution >= 4 is 10.9 Å². The van der Waals surface area contributed by atoms with E-state index in [0.717, 1.165) is 23.9 Å². The quantitative estimate of drug-likeness (QED) is 0.917. The summed E-state index contributed by atoms with van der Waals surface area (Å²) in [6, 6.07) is 10.8. The van der Waals surface area contributed by atoms with Crippen LogP contribution in [0, 0.1) is 11.8 Å². The zero-order chi connectivity index (χ0) is 14.4. The molecule has 2 saturated heterocycles. The zero-order valence-electron chi connectivity index (χ0n) is 12.8. The van der Waals surface area contributed by atoms with Gasteiger partial charge in [0, 0.05) is 36.8 Å². The first-order valence-corrected chi connectivity index (χ1v) is 7.94. The van der Waals surface area contributed by atoms with Crippen molar-refractivity contribution in [2.75, 3.05) is 19.6 Å². The summed E-state index contributed by atoms with van der Waals surface area (Å²) in [4.78, 5) is 7.07. The summed E-state index contributed by atoms with van der Waals surface area (Å²) >= 11 is 0. The van der Waals surface area contributed by atoms with Crippen LogP contribution >= 0.6 is 0 Å². The highest BCUT2D eigenvalue weighted by Gasteiger charge is 2.49. The molecule has 2 aliphatic heterocycles.